The van der Waals surface area contributed by atoms with Crippen LogP contribution in [0.5, 0.6) is 0 Å². The number of aryl methyl sites for hydroxylation is 1. The highest BCUT2D eigenvalue weighted by Crippen LogP contribution is 2.56. The molecule has 1 aromatic rings. The van der Waals surface area contributed by atoms with Crippen molar-refractivity contribution in [2.45, 2.75) is 114 Å². The van der Waals surface area contributed by atoms with Crippen molar-refractivity contribution < 1.29 is 19.1 Å². The van der Waals surface area contributed by atoms with Gasteiger partial charge in [-0.15, -0.1) is 0 Å². The maximum absolute atomic E-state index is 14.4. The lowest BCUT2D eigenvalue weighted by molar-refractivity contribution is -0.144. The van der Waals surface area contributed by atoms with Crippen LogP contribution in [0.1, 0.15) is 82.6 Å². The Bertz CT molecular complexity index is 1160. The molecule has 7 nitrogen and oxygen atoms in total. The van der Waals surface area contributed by atoms with Crippen molar-refractivity contribution in [2.24, 2.45) is 11.8 Å². The number of ether oxygens (including phenoxy) is 1. The van der Waals surface area contributed by atoms with Gasteiger partial charge in [-0.1, -0.05) is 81.2 Å². The zero-order valence-corrected chi connectivity index (χ0v) is 23.6. The number of rotatable bonds is 5. The fraction of sp³-hybridized carbons (Fsp3) is 0.645. The number of halogens is 1. The number of nitrogens with one attached hydrogen (secondary N) is 2. The molecule has 2 saturated carbocycles. The molecule has 3 aliphatic heterocycles. The molecule has 5 aliphatic rings. The lowest BCUT2D eigenvalue weighted by Gasteiger charge is -2.38. The molecule has 0 aromatic heterocycles. The van der Waals surface area contributed by atoms with Gasteiger partial charge in [0.15, 0.2) is 0 Å². The predicted octanol–water partition coefficient (Wildman–Crippen LogP) is 5.30. The minimum atomic E-state index is -1.12. The van der Waals surface area contributed by atoms with E-state index in [0.717, 1.165) is 69.8 Å². The maximum Gasteiger partial charge on any atom is 0.246 e. The third kappa shape index (κ3) is 4.80. The topological polar surface area (TPSA) is 87.7 Å². The molecule has 2 saturated heterocycles. The standard InChI is InChI=1S/C31H40ClN3O4/c1-19-14-15-21(18-23(19)32)34-28(36)25-24-16-17-31(39-24)26(25)30(38)35(22-12-8-3-2-4-9-13-22)27(31)29(37)33-20-10-6-5-7-11-20/h14-18,20,22,24-27H,2-13H2,1H3,(H,33,37)(H,34,36)/t24-,25-,26-,27+,31-/m0/s1. The maximum atomic E-state index is 14.4. The molecule has 5 atom stereocenters. The summed E-state index contributed by atoms with van der Waals surface area (Å²) in [5.41, 5.74) is 0.397. The molecule has 2 bridgehead atoms. The summed E-state index contributed by atoms with van der Waals surface area (Å²) in [6.07, 6.45) is 16.0. The molecule has 4 fully saturated rings. The van der Waals surface area contributed by atoms with E-state index in [-0.39, 0.29) is 29.8 Å². The van der Waals surface area contributed by atoms with Crippen LogP contribution in [0, 0.1) is 18.8 Å². The van der Waals surface area contributed by atoms with Crippen LogP contribution in [0.15, 0.2) is 30.4 Å². The summed E-state index contributed by atoms with van der Waals surface area (Å²) in [4.78, 5) is 44.0. The van der Waals surface area contributed by atoms with E-state index in [1.807, 2.05) is 36.1 Å². The number of amides is 3. The average molecular weight is 554 g/mol. The van der Waals surface area contributed by atoms with Crippen LogP contribution in [0.25, 0.3) is 0 Å². The van der Waals surface area contributed by atoms with E-state index in [1.54, 1.807) is 6.07 Å². The summed E-state index contributed by atoms with van der Waals surface area (Å²) in [7, 11) is 0. The lowest BCUT2D eigenvalue weighted by Crippen LogP contribution is -2.58. The molecule has 2 aliphatic carbocycles. The van der Waals surface area contributed by atoms with E-state index in [1.165, 1.54) is 12.8 Å². The Morgan fingerprint density at radius 3 is 2.36 bits per heavy atom. The van der Waals surface area contributed by atoms with Crippen LogP contribution in [-0.2, 0) is 19.1 Å². The van der Waals surface area contributed by atoms with Gasteiger partial charge in [0.25, 0.3) is 0 Å². The number of likely N-dealkylation sites (tertiary alicyclic amines) is 1. The molecule has 0 radical (unpaired) electrons. The quantitative estimate of drug-likeness (QED) is 0.484. The predicted molar refractivity (Wildman–Crippen MR) is 150 cm³/mol. The molecule has 3 amide bonds. The van der Waals surface area contributed by atoms with Crippen molar-refractivity contribution >= 4 is 35.0 Å². The monoisotopic (exact) mass is 553 g/mol. The van der Waals surface area contributed by atoms with Crippen LogP contribution < -0.4 is 10.6 Å². The van der Waals surface area contributed by atoms with Gasteiger partial charge < -0.3 is 20.3 Å². The molecule has 210 valence electrons. The van der Waals surface area contributed by atoms with Gasteiger partial charge in [-0.05, 0) is 50.3 Å². The first kappa shape index (κ1) is 26.8. The second-order valence-corrected chi connectivity index (χ2v) is 12.6. The highest BCUT2D eigenvalue weighted by atomic mass is 35.5. The Kier molecular flexibility index (Phi) is 7.49. The van der Waals surface area contributed by atoms with Gasteiger partial charge in [0.05, 0.1) is 17.9 Å². The van der Waals surface area contributed by atoms with Crippen molar-refractivity contribution in [3.63, 3.8) is 0 Å². The zero-order chi connectivity index (χ0) is 27.1. The summed E-state index contributed by atoms with van der Waals surface area (Å²) in [6.45, 7) is 1.91. The van der Waals surface area contributed by atoms with Crippen molar-refractivity contribution in [1.29, 1.82) is 0 Å². The Balaban J connectivity index is 1.32. The fourth-order valence-corrected chi connectivity index (χ4v) is 7.92. The Labute approximate surface area is 236 Å². The van der Waals surface area contributed by atoms with Gasteiger partial charge in [-0.3, -0.25) is 14.4 Å². The largest absolute Gasteiger partial charge is 0.359 e. The molecule has 39 heavy (non-hydrogen) atoms. The molecule has 1 aromatic carbocycles. The molecular formula is C31H40ClN3O4. The minimum absolute atomic E-state index is 0.0180. The normalized spacial score (nSPS) is 33.1. The Morgan fingerprint density at radius 1 is 0.974 bits per heavy atom. The molecule has 8 heteroatoms. The van der Waals surface area contributed by atoms with Crippen LogP contribution in [0.4, 0.5) is 5.69 Å². The molecule has 0 unspecified atom stereocenters. The second-order valence-electron chi connectivity index (χ2n) is 12.2. The molecule has 6 rings (SSSR count). The van der Waals surface area contributed by atoms with E-state index in [9.17, 15) is 14.4 Å². The third-order valence-corrected chi connectivity index (χ3v) is 10.1. The highest BCUT2D eigenvalue weighted by molar-refractivity contribution is 6.31. The van der Waals surface area contributed by atoms with Gasteiger partial charge in [0.1, 0.15) is 11.6 Å². The van der Waals surface area contributed by atoms with E-state index < -0.39 is 29.6 Å². The summed E-state index contributed by atoms with van der Waals surface area (Å²) in [6, 6.07) is 4.76. The molecule has 2 N–H and O–H groups in total. The number of carbonyl (C=O) groups is 3. The Morgan fingerprint density at radius 2 is 1.64 bits per heavy atom. The number of anilines is 1. The van der Waals surface area contributed by atoms with Gasteiger partial charge in [-0.25, -0.2) is 0 Å². The van der Waals surface area contributed by atoms with Crippen LogP contribution in [0.3, 0.4) is 0 Å². The number of fused-ring (bicyclic) bond motifs is 1. The summed E-state index contributed by atoms with van der Waals surface area (Å²) < 4.78 is 6.55. The average Bonchev–Trinajstić information content (AvgIpc) is 3.54. The fourth-order valence-electron chi connectivity index (χ4n) is 7.74. The van der Waals surface area contributed by atoms with E-state index in [0.29, 0.717) is 10.7 Å². The molecule has 1 spiro atoms. The van der Waals surface area contributed by atoms with Crippen LogP contribution in [0.2, 0.25) is 5.02 Å². The summed E-state index contributed by atoms with van der Waals surface area (Å²) in [5, 5.41) is 6.85. The molecule has 3 heterocycles. The summed E-state index contributed by atoms with van der Waals surface area (Å²) >= 11 is 6.30. The van der Waals surface area contributed by atoms with Crippen molar-refractivity contribution in [1.82, 2.24) is 10.2 Å². The number of benzene rings is 1. The van der Waals surface area contributed by atoms with Gasteiger partial charge in [-0.2, -0.15) is 0 Å². The Hall–Kier alpha value is -2.38. The first-order valence-corrected chi connectivity index (χ1v) is 15.3. The number of hydrogen-bond donors (Lipinski definition) is 2. The highest BCUT2D eigenvalue weighted by Gasteiger charge is 2.73. The lowest BCUT2D eigenvalue weighted by atomic mass is 9.74. The first-order chi connectivity index (χ1) is 18.9. The SMILES string of the molecule is Cc1ccc(NC(=O)[C@H]2[C@@H]3C=C[C@]4(O3)[C@@H]2C(=O)N(C2CCCCCCC2)[C@@H]4C(=O)NC2CCCCC2)cc1Cl. The van der Waals surface area contributed by atoms with Gasteiger partial charge >= 0.3 is 0 Å². The minimum Gasteiger partial charge on any atom is -0.359 e. The number of carbonyl (C=O) groups excluding carboxylic acids is 3. The molecular weight excluding hydrogens is 514 g/mol. The number of nitrogens with zero attached hydrogens (tertiary/aromatic N) is 1. The smallest absolute Gasteiger partial charge is 0.246 e. The van der Waals surface area contributed by atoms with Crippen LogP contribution >= 0.6 is 11.6 Å². The van der Waals surface area contributed by atoms with E-state index >= 15 is 0 Å². The van der Waals surface area contributed by atoms with Gasteiger partial charge in [0.2, 0.25) is 17.7 Å². The van der Waals surface area contributed by atoms with Crippen molar-refractivity contribution in [3.05, 3.63) is 40.9 Å². The van der Waals surface area contributed by atoms with Crippen molar-refractivity contribution in [3.8, 4) is 0 Å². The van der Waals surface area contributed by atoms with E-state index in [4.69, 9.17) is 16.3 Å². The van der Waals surface area contributed by atoms with Crippen LogP contribution in [-0.4, -0.2) is 52.5 Å². The van der Waals surface area contributed by atoms with E-state index in [2.05, 4.69) is 10.6 Å². The third-order valence-electron chi connectivity index (χ3n) is 9.72. The zero-order valence-electron chi connectivity index (χ0n) is 22.8. The summed E-state index contributed by atoms with van der Waals surface area (Å²) in [5.74, 6) is -1.93. The van der Waals surface area contributed by atoms with Crippen molar-refractivity contribution in [2.75, 3.05) is 5.32 Å². The second kappa shape index (κ2) is 10.9. The number of hydrogen-bond acceptors (Lipinski definition) is 4. The first-order valence-electron chi connectivity index (χ1n) is 15.0. The van der Waals surface area contributed by atoms with Gasteiger partial charge in [0, 0.05) is 22.8 Å².